The van der Waals surface area contributed by atoms with Crippen molar-refractivity contribution in [3.63, 3.8) is 0 Å². The molecule has 1 unspecified atom stereocenters. The van der Waals surface area contributed by atoms with Crippen molar-refractivity contribution in [2.24, 2.45) is 22.2 Å². The molecule has 0 saturated carbocycles. The molecule has 0 aliphatic rings. The van der Waals surface area contributed by atoms with E-state index in [4.69, 9.17) is 30.9 Å². The minimum absolute atomic E-state index is 0.0447. The molecular formula is C27H39N5O7S. The Hall–Kier alpha value is -3.68. The molecule has 13 heteroatoms. The van der Waals surface area contributed by atoms with Crippen molar-refractivity contribution in [2.45, 2.75) is 51.2 Å². The molecule has 0 fully saturated rings. The van der Waals surface area contributed by atoms with Gasteiger partial charge >= 0.3 is 22.1 Å². The molecule has 0 bridgehead atoms. The number of aryl methyl sites for hydroxylation is 1. The van der Waals surface area contributed by atoms with Gasteiger partial charge in [0.05, 0.1) is 6.26 Å². The highest BCUT2D eigenvalue weighted by atomic mass is 32.2. The topological polar surface area (TPSA) is 198 Å². The second-order valence-corrected chi connectivity index (χ2v) is 10.7. The number of rotatable bonds is 17. The molecule has 0 aromatic heterocycles. The van der Waals surface area contributed by atoms with Gasteiger partial charge in [0.2, 0.25) is 0 Å². The fourth-order valence-electron chi connectivity index (χ4n) is 3.72. The first-order chi connectivity index (χ1) is 19.0. The summed E-state index contributed by atoms with van der Waals surface area (Å²) in [4.78, 5) is 28.8. The van der Waals surface area contributed by atoms with Gasteiger partial charge in [-0.25, -0.2) is 9.59 Å². The van der Waals surface area contributed by atoms with Crippen LogP contribution < -0.4 is 26.7 Å². The Morgan fingerprint density at radius 2 is 1.75 bits per heavy atom. The second kappa shape index (κ2) is 16.4. The summed E-state index contributed by atoms with van der Waals surface area (Å²) in [6.45, 7) is 3.02. The minimum Gasteiger partial charge on any atom is -0.390 e. The van der Waals surface area contributed by atoms with Crippen LogP contribution in [0.1, 0.15) is 37.3 Å². The van der Waals surface area contributed by atoms with Gasteiger partial charge < -0.3 is 36.2 Å². The van der Waals surface area contributed by atoms with Gasteiger partial charge in [-0.2, -0.15) is 8.42 Å². The van der Waals surface area contributed by atoms with Crippen LogP contribution in [-0.2, 0) is 42.0 Å². The van der Waals surface area contributed by atoms with E-state index in [0.29, 0.717) is 19.5 Å². The Labute approximate surface area is 235 Å². The number of esters is 2. The molecule has 0 saturated heterocycles. The van der Waals surface area contributed by atoms with Crippen molar-refractivity contribution >= 4 is 33.7 Å². The summed E-state index contributed by atoms with van der Waals surface area (Å²) in [6, 6.07) is 13.5. The van der Waals surface area contributed by atoms with Gasteiger partial charge in [-0.3, -0.25) is 4.99 Å². The summed E-state index contributed by atoms with van der Waals surface area (Å²) in [6.07, 6.45) is 2.60. The zero-order chi connectivity index (χ0) is 29.5. The maximum absolute atomic E-state index is 12.7. The molecule has 2 aromatic carbocycles. The second-order valence-electron chi connectivity index (χ2n) is 9.11. The number of carbonyl (C=O) groups excluding carboxylic acids is 2. The fraction of sp³-hybridized carbons (Fsp3) is 0.444. The van der Waals surface area contributed by atoms with E-state index in [0.717, 1.165) is 35.9 Å². The summed E-state index contributed by atoms with van der Waals surface area (Å²) >= 11 is 0. The van der Waals surface area contributed by atoms with Crippen molar-refractivity contribution in [3.8, 4) is 5.75 Å². The molecule has 7 N–H and O–H groups in total. The number of hydrogen-bond acceptors (Lipinski definition) is 10. The van der Waals surface area contributed by atoms with Crippen LogP contribution in [0.2, 0.25) is 0 Å². The van der Waals surface area contributed by atoms with Crippen LogP contribution >= 0.6 is 0 Å². The van der Waals surface area contributed by atoms with E-state index >= 15 is 0 Å². The van der Waals surface area contributed by atoms with Gasteiger partial charge in [-0.15, -0.1) is 0 Å². The van der Waals surface area contributed by atoms with Gasteiger partial charge in [-0.1, -0.05) is 24.3 Å². The van der Waals surface area contributed by atoms with E-state index < -0.39 is 34.2 Å². The summed E-state index contributed by atoms with van der Waals surface area (Å²) < 4.78 is 37.8. The highest BCUT2D eigenvalue weighted by Gasteiger charge is 2.26. The average Bonchev–Trinajstić information content (AvgIpc) is 2.89. The van der Waals surface area contributed by atoms with Crippen molar-refractivity contribution in [3.05, 3.63) is 59.7 Å². The molecule has 0 spiro atoms. The maximum atomic E-state index is 12.7. The lowest BCUT2D eigenvalue weighted by molar-refractivity contribution is -0.169. The SMILES string of the molecule is CCOC(Cc1cccc(NCCCc2ccc(OS(C)(=O)=O)cc2)c1)C(=O)OC(=O)[C@@H](N)CCCN=C(N)N. The number of nitrogens with one attached hydrogen (secondary N) is 1. The molecule has 2 atom stereocenters. The van der Waals surface area contributed by atoms with E-state index in [9.17, 15) is 18.0 Å². The first kappa shape index (κ1) is 32.5. The highest BCUT2D eigenvalue weighted by Crippen LogP contribution is 2.17. The summed E-state index contributed by atoms with van der Waals surface area (Å²) in [5, 5.41) is 3.35. The molecular weight excluding hydrogens is 538 g/mol. The molecule has 0 radical (unpaired) electrons. The van der Waals surface area contributed by atoms with Crippen LogP contribution in [0.5, 0.6) is 5.75 Å². The van der Waals surface area contributed by atoms with Crippen molar-refractivity contribution in [1.82, 2.24) is 0 Å². The third-order valence-electron chi connectivity index (χ3n) is 5.59. The average molecular weight is 578 g/mol. The van der Waals surface area contributed by atoms with Gasteiger partial charge in [0.15, 0.2) is 12.1 Å². The lowest BCUT2D eigenvalue weighted by Gasteiger charge is -2.17. The Morgan fingerprint density at radius 1 is 1.02 bits per heavy atom. The van der Waals surface area contributed by atoms with Crippen molar-refractivity contribution in [1.29, 1.82) is 0 Å². The molecule has 220 valence electrons. The van der Waals surface area contributed by atoms with Crippen LogP contribution in [0.4, 0.5) is 5.69 Å². The number of benzene rings is 2. The molecule has 0 aliphatic heterocycles. The molecule has 0 amide bonds. The van der Waals surface area contributed by atoms with Crippen LogP contribution in [0, 0.1) is 0 Å². The smallest absolute Gasteiger partial charge is 0.343 e. The predicted octanol–water partition coefficient (Wildman–Crippen LogP) is 1.47. The van der Waals surface area contributed by atoms with E-state index in [1.165, 1.54) is 0 Å². The van der Waals surface area contributed by atoms with Crippen LogP contribution in [0.25, 0.3) is 0 Å². The van der Waals surface area contributed by atoms with E-state index in [1.807, 2.05) is 36.4 Å². The standard InChI is InChI=1S/C27H39N5O7S/c1-3-37-24(26(34)38-25(33)23(28)10-6-16-32-27(29)30)18-20-7-4-9-21(17-20)31-15-5-8-19-11-13-22(14-12-19)39-40(2,35)36/h4,7,9,11-14,17,23-24,31H,3,5-6,8,10,15-16,18,28H2,1-2H3,(H4,29,30,32)/t23-,24?/m0/s1. The monoisotopic (exact) mass is 577 g/mol. The summed E-state index contributed by atoms with van der Waals surface area (Å²) in [7, 11) is -3.55. The van der Waals surface area contributed by atoms with Crippen molar-refractivity contribution in [2.75, 3.05) is 31.3 Å². The number of aliphatic imine (C=N–C) groups is 1. The molecule has 0 aliphatic carbocycles. The number of anilines is 1. The number of nitrogens with two attached hydrogens (primary N) is 3. The Balaban J connectivity index is 1.84. The lowest BCUT2D eigenvalue weighted by Crippen LogP contribution is -2.38. The zero-order valence-corrected chi connectivity index (χ0v) is 23.7. The third kappa shape index (κ3) is 12.9. The van der Waals surface area contributed by atoms with Gasteiger partial charge in [-0.05, 0) is 68.0 Å². The first-order valence-corrected chi connectivity index (χ1v) is 14.8. The number of nitrogens with zero attached hydrogens (tertiary/aromatic N) is 1. The number of hydrogen-bond donors (Lipinski definition) is 4. The molecule has 2 aromatic rings. The molecule has 2 rings (SSSR count). The zero-order valence-electron chi connectivity index (χ0n) is 22.9. The van der Waals surface area contributed by atoms with Crippen LogP contribution in [0.3, 0.4) is 0 Å². The van der Waals surface area contributed by atoms with Gasteiger partial charge in [0.1, 0.15) is 11.8 Å². The van der Waals surface area contributed by atoms with Crippen molar-refractivity contribution < 1.29 is 31.7 Å². The molecule has 40 heavy (non-hydrogen) atoms. The maximum Gasteiger partial charge on any atom is 0.343 e. The van der Waals surface area contributed by atoms with E-state index in [-0.39, 0.29) is 31.2 Å². The summed E-state index contributed by atoms with van der Waals surface area (Å²) in [5.74, 6) is -1.39. The van der Waals surface area contributed by atoms with Gasteiger partial charge in [0, 0.05) is 31.8 Å². The highest BCUT2D eigenvalue weighted by molar-refractivity contribution is 7.86. The van der Waals surface area contributed by atoms with E-state index in [2.05, 4.69) is 10.3 Å². The summed E-state index contributed by atoms with van der Waals surface area (Å²) in [5.41, 5.74) is 19.1. The predicted molar refractivity (Wildman–Crippen MR) is 153 cm³/mol. The van der Waals surface area contributed by atoms with E-state index in [1.54, 1.807) is 19.1 Å². The van der Waals surface area contributed by atoms with Crippen LogP contribution in [0.15, 0.2) is 53.5 Å². The number of ether oxygens (including phenoxy) is 2. The largest absolute Gasteiger partial charge is 0.390 e. The Bertz CT molecular complexity index is 1230. The van der Waals surface area contributed by atoms with Crippen LogP contribution in [-0.4, -0.2) is 64.4 Å². The Morgan fingerprint density at radius 3 is 2.40 bits per heavy atom. The fourth-order valence-corrected chi connectivity index (χ4v) is 4.18. The molecule has 0 heterocycles. The minimum atomic E-state index is -3.55. The van der Waals surface area contributed by atoms with Gasteiger partial charge in [0.25, 0.3) is 0 Å². The lowest BCUT2D eigenvalue weighted by atomic mass is 10.1. The Kier molecular flexibility index (Phi) is 13.4. The molecule has 12 nitrogen and oxygen atoms in total. The number of carbonyl (C=O) groups is 2. The first-order valence-electron chi connectivity index (χ1n) is 13.0. The third-order valence-corrected chi connectivity index (χ3v) is 6.09. The normalized spacial score (nSPS) is 12.7. The number of guanidine groups is 1. The quantitative estimate of drug-likeness (QED) is 0.0530.